The Kier molecular flexibility index (Phi) is 4.90. The maximum atomic E-state index is 2.87. The first-order valence-corrected chi connectivity index (χ1v) is 6.44. The Morgan fingerprint density at radius 3 is 2.13 bits per heavy atom. The van der Waals surface area contributed by atoms with Crippen LogP contribution in [0.5, 0.6) is 0 Å². The Balaban J connectivity index is 2.97. The molecule has 0 heterocycles. The first-order valence-electron chi connectivity index (χ1n) is 5.87. The molecule has 0 bridgehead atoms. The summed E-state index contributed by atoms with van der Waals surface area (Å²) in [6, 6.07) is 6.65. The van der Waals surface area contributed by atoms with Gasteiger partial charge in [0, 0.05) is 0 Å². The van der Waals surface area contributed by atoms with E-state index < -0.39 is 0 Å². The molecule has 0 aliphatic heterocycles. The van der Waals surface area contributed by atoms with Crippen LogP contribution in [0.2, 0.25) is 0 Å². The van der Waals surface area contributed by atoms with Gasteiger partial charge in [-0.15, -0.1) is 4.43 Å². The molecule has 2 radical (unpaired) electrons. The molecule has 0 unspecified atom stereocenters. The Labute approximate surface area is 103 Å². The van der Waals surface area contributed by atoms with Gasteiger partial charge in [0.1, 0.15) is 0 Å². The van der Waals surface area contributed by atoms with E-state index in [-0.39, 0.29) is 0 Å². The van der Waals surface area contributed by atoms with Gasteiger partial charge in [-0.25, -0.2) is 0 Å². The Hall–Kier alpha value is -0.248. The Bertz CT molecular complexity index is 313. The summed E-state index contributed by atoms with van der Waals surface area (Å²) in [6.07, 6.45) is 2.39. The van der Waals surface area contributed by atoms with Crippen LogP contribution in [0.3, 0.4) is 0 Å². The maximum Gasteiger partial charge on any atom is 0.176 e. The van der Waals surface area contributed by atoms with Crippen molar-refractivity contribution in [3.05, 3.63) is 29.3 Å². The van der Waals surface area contributed by atoms with Gasteiger partial charge in [-0.05, 0) is 30.2 Å². The van der Waals surface area contributed by atoms with Gasteiger partial charge < -0.3 is 0 Å². The summed E-state index contributed by atoms with van der Waals surface area (Å²) in [6.45, 7) is 9.15. The zero-order valence-corrected chi connectivity index (χ0v) is 11.5. The standard InChI is InChI=1S/C14H21.Al/c1-11(2)9-13-7-5-6-8-14(13)10-12(3)4;/h5-7,11-12H,9-10H2,1-4H3;. The molecule has 0 aromatic heterocycles. The SMILES string of the molecule is CC(C)Cc1ccc[c]([Al])c1CC(C)C. The van der Waals surface area contributed by atoms with Gasteiger partial charge in [-0.3, -0.25) is 0 Å². The van der Waals surface area contributed by atoms with Gasteiger partial charge in [0.25, 0.3) is 0 Å². The van der Waals surface area contributed by atoms with Crippen LogP contribution in [0.25, 0.3) is 0 Å². The second-order valence-corrected chi connectivity index (χ2v) is 5.80. The van der Waals surface area contributed by atoms with Crippen molar-refractivity contribution in [2.45, 2.75) is 40.5 Å². The van der Waals surface area contributed by atoms with E-state index in [0.29, 0.717) is 0 Å². The monoisotopic (exact) mass is 216 g/mol. The Morgan fingerprint density at radius 1 is 1.00 bits per heavy atom. The topological polar surface area (TPSA) is 0 Å². The van der Waals surface area contributed by atoms with Crippen LogP contribution in [-0.4, -0.2) is 16.3 Å². The predicted molar refractivity (Wildman–Crippen MR) is 68.9 cm³/mol. The zero-order chi connectivity index (χ0) is 11.4. The van der Waals surface area contributed by atoms with E-state index in [1.165, 1.54) is 22.8 Å². The van der Waals surface area contributed by atoms with E-state index in [1.807, 2.05) is 0 Å². The molecule has 15 heavy (non-hydrogen) atoms. The fourth-order valence-corrected chi connectivity index (χ4v) is 2.36. The summed E-state index contributed by atoms with van der Waals surface area (Å²) >= 11 is 2.87. The van der Waals surface area contributed by atoms with E-state index in [1.54, 1.807) is 5.56 Å². The molecule has 0 aliphatic carbocycles. The second kappa shape index (κ2) is 5.73. The molecule has 1 heteroatoms. The van der Waals surface area contributed by atoms with E-state index in [2.05, 4.69) is 62.2 Å². The molecule has 0 amide bonds. The van der Waals surface area contributed by atoms with Crippen LogP contribution in [-0.2, 0) is 12.8 Å². The lowest BCUT2D eigenvalue weighted by Crippen LogP contribution is -2.16. The third-order valence-corrected chi connectivity index (χ3v) is 3.09. The van der Waals surface area contributed by atoms with Gasteiger partial charge in [0.15, 0.2) is 16.3 Å². The molecular formula is C14H21Al. The highest BCUT2D eigenvalue weighted by Crippen LogP contribution is 2.15. The summed E-state index contributed by atoms with van der Waals surface area (Å²) in [5.41, 5.74) is 3.08. The third-order valence-electron chi connectivity index (χ3n) is 2.55. The second-order valence-electron chi connectivity index (χ2n) is 5.18. The molecule has 0 N–H and O–H groups in total. The molecule has 1 aromatic carbocycles. The van der Waals surface area contributed by atoms with Crippen molar-refractivity contribution < 1.29 is 0 Å². The first kappa shape index (κ1) is 12.8. The highest BCUT2D eigenvalue weighted by molar-refractivity contribution is 6.33. The summed E-state index contributed by atoms with van der Waals surface area (Å²) in [5.74, 6) is 1.47. The molecule has 0 spiro atoms. The van der Waals surface area contributed by atoms with Crippen molar-refractivity contribution in [1.29, 1.82) is 0 Å². The van der Waals surface area contributed by atoms with Crippen molar-refractivity contribution >= 4 is 20.7 Å². The van der Waals surface area contributed by atoms with Crippen molar-refractivity contribution in [1.82, 2.24) is 0 Å². The lowest BCUT2D eigenvalue weighted by Gasteiger charge is -2.16. The molecule has 0 fully saturated rings. The van der Waals surface area contributed by atoms with E-state index in [0.717, 1.165) is 11.8 Å². The normalized spacial score (nSPS) is 11.3. The summed E-state index contributed by atoms with van der Waals surface area (Å²) in [7, 11) is 0. The number of rotatable bonds is 4. The molecule has 0 saturated heterocycles. The average Bonchev–Trinajstić information content (AvgIpc) is 2.09. The fraction of sp³-hybridized carbons (Fsp3) is 0.571. The minimum absolute atomic E-state index is 0.734. The molecule has 0 nitrogen and oxygen atoms in total. The van der Waals surface area contributed by atoms with Crippen LogP contribution in [0.1, 0.15) is 38.8 Å². The molecule has 1 aromatic rings. The van der Waals surface area contributed by atoms with Crippen molar-refractivity contribution in [2.75, 3.05) is 0 Å². The van der Waals surface area contributed by atoms with E-state index >= 15 is 0 Å². The zero-order valence-electron chi connectivity index (χ0n) is 10.4. The lowest BCUT2D eigenvalue weighted by molar-refractivity contribution is 0.617. The summed E-state index contributed by atoms with van der Waals surface area (Å²) < 4.78 is 1.38. The molecule has 0 saturated carbocycles. The largest absolute Gasteiger partial charge is 0.176 e. The predicted octanol–water partition coefficient (Wildman–Crippen LogP) is 2.88. The van der Waals surface area contributed by atoms with Gasteiger partial charge >= 0.3 is 0 Å². The first-order chi connectivity index (χ1) is 7.00. The van der Waals surface area contributed by atoms with E-state index in [9.17, 15) is 0 Å². The third kappa shape index (κ3) is 4.01. The minimum Gasteiger partial charge on any atom is -0.135 e. The average molecular weight is 216 g/mol. The Morgan fingerprint density at radius 2 is 1.60 bits per heavy atom. The van der Waals surface area contributed by atoms with Crippen molar-refractivity contribution in [3.63, 3.8) is 0 Å². The smallest absolute Gasteiger partial charge is 0.135 e. The molecule has 0 atom stereocenters. The minimum atomic E-state index is 0.734. The highest BCUT2D eigenvalue weighted by Gasteiger charge is 2.07. The number of benzene rings is 1. The molecule has 0 aliphatic rings. The molecular weight excluding hydrogens is 195 g/mol. The molecule has 80 valence electrons. The summed E-state index contributed by atoms with van der Waals surface area (Å²) in [5, 5.41) is 0. The van der Waals surface area contributed by atoms with Crippen molar-refractivity contribution in [2.24, 2.45) is 11.8 Å². The van der Waals surface area contributed by atoms with Gasteiger partial charge in [-0.2, -0.15) is 0 Å². The van der Waals surface area contributed by atoms with Crippen LogP contribution in [0, 0.1) is 11.8 Å². The van der Waals surface area contributed by atoms with Crippen LogP contribution in [0.15, 0.2) is 18.2 Å². The van der Waals surface area contributed by atoms with Gasteiger partial charge in [-0.1, -0.05) is 51.5 Å². The van der Waals surface area contributed by atoms with Crippen LogP contribution in [0.4, 0.5) is 0 Å². The highest BCUT2D eigenvalue weighted by atomic mass is 27.0. The van der Waals surface area contributed by atoms with Crippen LogP contribution < -0.4 is 4.43 Å². The maximum absolute atomic E-state index is 2.87. The van der Waals surface area contributed by atoms with E-state index in [4.69, 9.17) is 0 Å². The lowest BCUT2D eigenvalue weighted by atomic mass is 9.93. The summed E-state index contributed by atoms with van der Waals surface area (Å²) in [4.78, 5) is 0. The molecule has 1 rings (SSSR count). The number of hydrogen-bond donors (Lipinski definition) is 0. The number of hydrogen-bond acceptors (Lipinski definition) is 0. The van der Waals surface area contributed by atoms with Crippen molar-refractivity contribution in [3.8, 4) is 0 Å². The van der Waals surface area contributed by atoms with Gasteiger partial charge in [0.2, 0.25) is 0 Å². The van der Waals surface area contributed by atoms with Gasteiger partial charge in [0.05, 0.1) is 0 Å². The van der Waals surface area contributed by atoms with Crippen LogP contribution >= 0.6 is 0 Å². The quantitative estimate of drug-likeness (QED) is 0.679. The fourth-order valence-electron chi connectivity index (χ4n) is 1.94.